The molecule has 0 radical (unpaired) electrons. The van der Waals surface area contributed by atoms with Gasteiger partial charge in [-0.05, 0) is 64.6 Å². The molecule has 0 aromatic heterocycles. The number of carbonyl (C=O) groups excluding carboxylic acids is 4. The summed E-state index contributed by atoms with van der Waals surface area (Å²) in [4.78, 5) is 56.4. The second kappa shape index (κ2) is 44.2. The van der Waals surface area contributed by atoms with Gasteiger partial charge in [0.05, 0.1) is 24.9 Å². The average molecular weight is 929 g/mol. The maximum Gasteiger partial charge on any atom is 0.410 e. The number of ether oxygens (including phenoxy) is 4. The molecule has 1 amide bonds. The van der Waals surface area contributed by atoms with Crippen LogP contribution in [0.4, 0.5) is 4.79 Å². The van der Waals surface area contributed by atoms with Crippen molar-refractivity contribution in [2.24, 2.45) is 11.8 Å². The van der Waals surface area contributed by atoms with E-state index in [9.17, 15) is 19.2 Å². The van der Waals surface area contributed by atoms with E-state index in [0.29, 0.717) is 24.5 Å². The molecule has 2 atom stereocenters. The van der Waals surface area contributed by atoms with Crippen molar-refractivity contribution in [3.05, 3.63) is 0 Å². The number of carbonyl (C=O) groups is 4. The minimum atomic E-state index is -0.506. The van der Waals surface area contributed by atoms with Crippen LogP contribution in [-0.2, 0) is 33.3 Å². The van der Waals surface area contributed by atoms with Crippen LogP contribution in [0.1, 0.15) is 220 Å². The van der Waals surface area contributed by atoms with E-state index in [2.05, 4.69) is 32.6 Å². The van der Waals surface area contributed by atoms with Crippen molar-refractivity contribution >= 4 is 45.6 Å². The van der Waals surface area contributed by atoms with Gasteiger partial charge in [-0.15, -0.1) is 0 Å². The van der Waals surface area contributed by atoms with Crippen molar-refractivity contribution in [3.63, 3.8) is 0 Å². The summed E-state index contributed by atoms with van der Waals surface area (Å²) in [5.74, 6) is 0.510. The Balaban J connectivity index is 2.69. The van der Waals surface area contributed by atoms with Crippen molar-refractivity contribution in [1.29, 1.82) is 0 Å². The topological polar surface area (TPSA) is 112 Å². The highest BCUT2D eigenvalue weighted by Crippen LogP contribution is 2.23. The van der Waals surface area contributed by atoms with Gasteiger partial charge in [-0.25, -0.2) is 4.79 Å². The molecule has 0 aromatic carbocycles. The van der Waals surface area contributed by atoms with Gasteiger partial charge < -0.3 is 28.7 Å². The summed E-state index contributed by atoms with van der Waals surface area (Å²) in [6.45, 7) is 13.1. The van der Waals surface area contributed by atoms with E-state index in [1.807, 2.05) is 0 Å². The molecule has 0 saturated carbocycles. The molecule has 0 spiro atoms. The van der Waals surface area contributed by atoms with Gasteiger partial charge in [-0.1, -0.05) is 191 Å². The number of esters is 3. The Labute approximate surface area is 394 Å². The second-order valence-electron chi connectivity index (χ2n) is 17.9. The highest BCUT2D eigenvalue weighted by molar-refractivity contribution is 8.76. The van der Waals surface area contributed by atoms with Gasteiger partial charge in [0, 0.05) is 17.9 Å². The van der Waals surface area contributed by atoms with Gasteiger partial charge in [0.2, 0.25) is 0 Å². The lowest BCUT2D eigenvalue weighted by molar-refractivity contribution is -0.150. The molecule has 63 heavy (non-hydrogen) atoms. The monoisotopic (exact) mass is 929 g/mol. The molecular weight excluding hydrogens is 833 g/mol. The molecule has 2 unspecified atom stereocenters. The maximum atomic E-state index is 13.4. The molecule has 1 fully saturated rings. The number of unbranched alkanes of at least 4 members (excludes halogenated alkanes) is 16. The summed E-state index contributed by atoms with van der Waals surface area (Å²) in [6, 6.07) is 0. The molecule has 1 rings (SSSR count). The van der Waals surface area contributed by atoms with E-state index in [4.69, 9.17) is 18.9 Å². The third kappa shape index (κ3) is 35.2. The normalized spacial score (nSPS) is 14.2. The van der Waals surface area contributed by atoms with E-state index in [1.54, 1.807) is 21.6 Å². The Hall–Kier alpha value is -1.66. The molecule has 12 heteroatoms. The van der Waals surface area contributed by atoms with Gasteiger partial charge in [-0.2, -0.15) is 0 Å². The lowest BCUT2D eigenvalue weighted by Gasteiger charge is -2.23. The Kier molecular flexibility index (Phi) is 41.6. The van der Waals surface area contributed by atoms with Crippen LogP contribution in [0, 0.1) is 11.8 Å². The molecule has 370 valence electrons. The lowest BCUT2D eigenvalue weighted by Crippen LogP contribution is -2.38. The Morgan fingerprint density at radius 3 is 1.32 bits per heavy atom. The summed E-state index contributed by atoms with van der Waals surface area (Å²) in [6.07, 6.45) is 32.4. The first-order valence-corrected chi connectivity index (χ1v) is 28.7. The molecule has 1 saturated heterocycles. The summed E-state index contributed by atoms with van der Waals surface area (Å²) < 4.78 is 22.8. The Bertz CT molecular complexity index is 1040. The standard InChI is InChI=1S/C51H96N2O8S2/c1-5-9-13-17-19-25-32-46(30-23-15-11-7-3)49(55)59-40-38-53(39-41-60-50(56)47(31-24-16-12-8-4)33-26-20-18-14-10-6-2)51(57)61-43-45-63-62-44-42-58-48(54)34-29-37-52-35-27-21-22-28-36-52/h46-47H,5-45H2,1-4H3. The smallest absolute Gasteiger partial charge is 0.410 e. The first kappa shape index (κ1) is 59.4. The van der Waals surface area contributed by atoms with Crippen molar-refractivity contribution in [3.8, 4) is 0 Å². The van der Waals surface area contributed by atoms with E-state index < -0.39 is 6.09 Å². The fourth-order valence-electron chi connectivity index (χ4n) is 8.22. The molecule has 0 bridgehead atoms. The third-order valence-electron chi connectivity index (χ3n) is 12.2. The number of nitrogens with zero attached hydrogens (tertiary/aromatic N) is 2. The number of amides is 1. The number of hydrogen-bond acceptors (Lipinski definition) is 11. The zero-order valence-corrected chi connectivity index (χ0v) is 42.8. The molecular formula is C51H96N2O8S2. The first-order chi connectivity index (χ1) is 30.9. The van der Waals surface area contributed by atoms with Crippen molar-refractivity contribution in [2.75, 3.05) is 70.7 Å². The van der Waals surface area contributed by atoms with Crippen LogP contribution in [0.3, 0.4) is 0 Å². The van der Waals surface area contributed by atoms with E-state index >= 15 is 0 Å². The van der Waals surface area contributed by atoms with Gasteiger partial charge in [0.15, 0.2) is 0 Å². The van der Waals surface area contributed by atoms with Crippen LogP contribution >= 0.6 is 21.6 Å². The van der Waals surface area contributed by atoms with Crippen LogP contribution in [0.5, 0.6) is 0 Å². The molecule has 1 aliphatic rings. The van der Waals surface area contributed by atoms with E-state index in [-0.39, 0.29) is 62.7 Å². The van der Waals surface area contributed by atoms with Crippen LogP contribution in [0.2, 0.25) is 0 Å². The predicted octanol–water partition coefficient (Wildman–Crippen LogP) is 13.8. The quantitative estimate of drug-likeness (QED) is 0.0252. The first-order valence-electron chi connectivity index (χ1n) is 26.2. The summed E-state index contributed by atoms with van der Waals surface area (Å²) >= 11 is 0. The van der Waals surface area contributed by atoms with Gasteiger partial charge in [0.1, 0.15) is 26.4 Å². The molecule has 0 aromatic rings. The predicted molar refractivity (Wildman–Crippen MR) is 265 cm³/mol. The van der Waals surface area contributed by atoms with Gasteiger partial charge in [0.25, 0.3) is 0 Å². The summed E-state index contributed by atoms with van der Waals surface area (Å²) in [7, 11) is 3.16. The largest absolute Gasteiger partial charge is 0.465 e. The summed E-state index contributed by atoms with van der Waals surface area (Å²) in [5.41, 5.74) is 0. The van der Waals surface area contributed by atoms with Crippen LogP contribution in [0.25, 0.3) is 0 Å². The number of likely N-dealkylation sites (tertiary alicyclic amines) is 1. The zero-order valence-electron chi connectivity index (χ0n) is 41.1. The van der Waals surface area contributed by atoms with Crippen LogP contribution in [0.15, 0.2) is 0 Å². The maximum absolute atomic E-state index is 13.4. The minimum Gasteiger partial charge on any atom is -0.465 e. The summed E-state index contributed by atoms with van der Waals surface area (Å²) in [5, 5.41) is 0. The Morgan fingerprint density at radius 1 is 0.476 bits per heavy atom. The average Bonchev–Trinajstić information content (AvgIpc) is 3.56. The highest BCUT2D eigenvalue weighted by atomic mass is 33.1. The Morgan fingerprint density at radius 2 is 0.873 bits per heavy atom. The second-order valence-corrected chi connectivity index (χ2v) is 20.6. The third-order valence-corrected chi connectivity index (χ3v) is 14.6. The van der Waals surface area contributed by atoms with Gasteiger partial charge >= 0.3 is 24.0 Å². The fourth-order valence-corrected chi connectivity index (χ4v) is 9.87. The molecule has 10 nitrogen and oxygen atoms in total. The number of rotatable bonds is 43. The number of hydrogen-bond donors (Lipinski definition) is 0. The van der Waals surface area contributed by atoms with E-state index in [1.165, 1.54) is 94.8 Å². The SMILES string of the molecule is CCCCCCCCC(CCCCCC)C(=O)OCCN(CCOC(=O)C(CCCCCC)CCCCCCCC)C(=O)OCCSSCCOC(=O)CCCN1CCCCCC1. The van der Waals surface area contributed by atoms with Crippen molar-refractivity contribution < 1.29 is 38.1 Å². The molecule has 1 heterocycles. The minimum absolute atomic E-state index is 0.0729. The molecule has 0 N–H and O–H groups in total. The van der Waals surface area contributed by atoms with Crippen LogP contribution < -0.4 is 0 Å². The van der Waals surface area contributed by atoms with Crippen molar-refractivity contribution in [1.82, 2.24) is 9.80 Å². The van der Waals surface area contributed by atoms with Gasteiger partial charge in [-0.3, -0.25) is 14.4 Å². The molecule has 1 aliphatic heterocycles. The lowest BCUT2D eigenvalue weighted by atomic mass is 9.94. The highest BCUT2D eigenvalue weighted by Gasteiger charge is 2.23. The van der Waals surface area contributed by atoms with E-state index in [0.717, 1.165) is 116 Å². The van der Waals surface area contributed by atoms with Crippen LogP contribution in [-0.4, -0.2) is 104 Å². The van der Waals surface area contributed by atoms with Crippen molar-refractivity contribution in [2.45, 2.75) is 220 Å². The fraction of sp³-hybridized carbons (Fsp3) is 0.922. The molecule has 0 aliphatic carbocycles. The zero-order chi connectivity index (χ0) is 45.9.